The Morgan fingerprint density at radius 3 is 3.00 bits per heavy atom. The van der Waals surface area contributed by atoms with Crippen LogP contribution in [0, 0.1) is 24.7 Å². The largest absolute Gasteiger partial charge is 0.380 e. The smallest absolute Gasteiger partial charge is 0.231 e. The first-order chi connectivity index (χ1) is 11.7. The van der Waals surface area contributed by atoms with E-state index >= 15 is 0 Å². The zero-order valence-corrected chi connectivity index (χ0v) is 14.1. The zero-order valence-electron chi connectivity index (χ0n) is 13.3. The highest BCUT2D eigenvalue weighted by molar-refractivity contribution is 7.15. The summed E-state index contributed by atoms with van der Waals surface area (Å²) in [6, 6.07) is 0. The van der Waals surface area contributed by atoms with Gasteiger partial charge in [0.2, 0.25) is 11.0 Å². The molecule has 2 saturated heterocycles. The summed E-state index contributed by atoms with van der Waals surface area (Å²) in [5.41, 5.74) is 0. The van der Waals surface area contributed by atoms with Crippen molar-refractivity contribution in [2.75, 3.05) is 36.5 Å². The summed E-state index contributed by atoms with van der Waals surface area (Å²) in [5.74, 6) is 0.810. The van der Waals surface area contributed by atoms with Crippen LogP contribution in [0.5, 0.6) is 0 Å². The second-order valence-electron chi connectivity index (χ2n) is 6.16. The summed E-state index contributed by atoms with van der Waals surface area (Å²) in [4.78, 5) is 22.9. The van der Waals surface area contributed by atoms with Crippen LogP contribution in [-0.4, -0.2) is 52.4 Å². The average Bonchev–Trinajstić information content (AvgIpc) is 3.21. The Kier molecular flexibility index (Phi) is 4.11. The molecule has 4 rings (SSSR count). The first kappa shape index (κ1) is 15.4. The molecule has 4 heterocycles. The first-order valence-corrected chi connectivity index (χ1v) is 8.72. The van der Waals surface area contributed by atoms with Gasteiger partial charge < -0.3 is 15.0 Å². The number of nitrogens with zero attached hydrogens (tertiary/aromatic N) is 5. The molecule has 0 aromatic carbocycles. The standard InChI is InChI=1S/C15H18N6O2S/c1-9-19-20-15(24-9)21-5-10-7-23-8-12(11(10)6-21)14(22)18-13-4-16-2-3-17-13/h2-4,10-12H,5-8H2,1H3,(H,17,18,22)/t10-,11-,12-/m1/s1. The van der Waals surface area contributed by atoms with E-state index in [0.29, 0.717) is 24.9 Å². The Labute approximate surface area is 143 Å². The summed E-state index contributed by atoms with van der Waals surface area (Å²) in [6.45, 7) is 4.74. The number of carbonyl (C=O) groups is 1. The lowest BCUT2D eigenvalue weighted by atomic mass is 9.82. The quantitative estimate of drug-likeness (QED) is 0.885. The van der Waals surface area contributed by atoms with Gasteiger partial charge in [-0.05, 0) is 12.8 Å². The van der Waals surface area contributed by atoms with Crippen LogP contribution in [0.15, 0.2) is 18.6 Å². The van der Waals surface area contributed by atoms with Gasteiger partial charge in [-0.3, -0.25) is 9.78 Å². The van der Waals surface area contributed by atoms with Crippen LogP contribution < -0.4 is 10.2 Å². The summed E-state index contributed by atoms with van der Waals surface area (Å²) in [5, 5.41) is 13.0. The van der Waals surface area contributed by atoms with Crippen LogP contribution in [0.3, 0.4) is 0 Å². The van der Waals surface area contributed by atoms with Crippen molar-refractivity contribution in [2.45, 2.75) is 6.92 Å². The van der Waals surface area contributed by atoms with Crippen molar-refractivity contribution in [1.29, 1.82) is 0 Å². The Hall–Kier alpha value is -2.13. The van der Waals surface area contributed by atoms with Gasteiger partial charge in [-0.2, -0.15) is 0 Å². The molecule has 2 aliphatic rings. The van der Waals surface area contributed by atoms with Crippen LogP contribution in [0.1, 0.15) is 5.01 Å². The SMILES string of the molecule is Cc1nnc(N2C[C@@H]3COC[C@@H](C(=O)Nc4cnccn4)[C@@H]3C2)s1. The molecule has 9 heteroatoms. The molecule has 0 radical (unpaired) electrons. The molecule has 2 fully saturated rings. The maximum Gasteiger partial charge on any atom is 0.231 e. The molecule has 24 heavy (non-hydrogen) atoms. The van der Waals surface area contributed by atoms with E-state index in [1.54, 1.807) is 29.9 Å². The van der Waals surface area contributed by atoms with Crippen LogP contribution in [0.4, 0.5) is 10.9 Å². The fraction of sp³-hybridized carbons (Fsp3) is 0.533. The molecule has 0 aliphatic carbocycles. The van der Waals surface area contributed by atoms with Gasteiger partial charge in [0.1, 0.15) is 5.01 Å². The topological polar surface area (TPSA) is 93.1 Å². The molecular formula is C15H18N6O2S. The number of amides is 1. The van der Waals surface area contributed by atoms with Gasteiger partial charge in [-0.15, -0.1) is 10.2 Å². The third-order valence-electron chi connectivity index (χ3n) is 4.57. The number of hydrogen-bond acceptors (Lipinski definition) is 8. The van der Waals surface area contributed by atoms with Gasteiger partial charge in [0, 0.05) is 31.4 Å². The van der Waals surface area contributed by atoms with E-state index in [1.807, 2.05) is 6.92 Å². The van der Waals surface area contributed by atoms with Gasteiger partial charge in [0.05, 0.1) is 25.3 Å². The predicted octanol–water partition coefficient (Wildman–Crippen LogP) is 0.974. The van der Waals surface area contributed by atoms with Crippen LogP contribution in [0.2, 0.25) is 0 Å². The maximum absolute atomic E-state index is 12.7. The summed E-state index contributed by atoms with van der Waals surface area (Å²) < 4.78 is 5.69. The van der Waals surface area contributed by atoms with E-state index in [0.717, 1.165) is 23.2 Å². The number of fused-ring (bicyclic) bond motifs is 1. The Morgan fingerprint density at radius 1 is 1.33 bits per heavy atom. The van der Waals surface area contributed by atoms with E-state index in [2.05, 4.69) is 30.4 Å². The summed E-state index contributed by atoms with van der Waals surface area (Å²) >= 11 is 1.59. The first-order valence-electron chi connectivity index (χ1n) is 7.90. The van der Waals surface area contributed by atoms with Crippen LogP contribution in [-0.2, 0) is 9.53 Å². The number of nitrogens with one attached hydrogen (secondary N) is 1. The molecule has 2 aliphatic heterocycles. The number of hydrogen-bond donors (Lipinski definition) is 1. The molecule has 0 spiro atoms. The van der Waals surface area contributed by atoms with E-state index in [1.165, 1.54) is 0 Å². The number of ether oxygens (including phenoxy) is 1. The van der Waals surface area contributed by atoms with Crippen LogP contribution >= 0.6 is 11.3 Å². The van der Waals surface area contributed by atoms with Crippen molar-refractivity contribution in [2.24, 2.45) is 17.8 Å². The van der Waals surface area contributed by atoms with Crippen molar-refractivity contribution >= 4 is 28.2 Å². The minimum Gasteiger partial charge on any atom is -0.380 e. The fourth-order valence-corrected chi connectivity index (χ4v) is 4.13. The number of anilines is 2. The van der Waals surface area contributed by atoms with Crippen molar-refractivity contribution in [1.82, 2.24) is 20.2 Å². The number of aromatic nitrogens is 4. The highest BCUT2D eigenvalue weighted by atomic mass is 32.1. The third-order valence-corrected chi connectivity index (χ3v) is 5.47. The number of carbonyl (C=O) groups excluding carboxylic acids is 1. The molecule has 3 atom stereocenters. The van der Waals surface area contributed by atoms with E-state index in [4.69, 9.17) is 4.74 Å². The Balaban J connectivity index is 1.47. The molecule has 126 valence electrons. The van der Waals surface area contributed by atoms with Gasteiger partial charge in [0.15, 0.2) is 5.82 Å². The highest BCUT2D eigenvalue weighted by Gasteiger charge is 2.44. The van der Waals surface area contributed by atoms with E-state index in [-0.39, 0.29) is 17.7 Å². The highest BCUT2D eigenvalue weighted by Crippen LogP contribution is 2.37. The molecule has 1 amide bonds. The molecular weight excluding hydrogens is 328 g/mol. The Morgan fingerprint density at radius 2 is 2.25 bits per heavy atom. The van der Waals surface area contributed by atoms with Gasteiger partial charge >= 0.3 is 0 Å². The second kappa shape index (κ2) is 6.40. The zero-order chi connectivity index (χ0) is 16.5. The van der Waals surface area contributed by atoms with Crippen molar-refractivity contribution in [3.63, 3.8) is 0 Å². The molecule has 1 N–H and O–H groups in total. The molecule has 0 unspecified atom stereocenters. The van der Waals surface area contributed by atoms with Crippen molar-refractivity contribution in [3.05, 3.63) is 23.6 Å². The number of aryl methyl sites for hydroxylation is 1. The molecule has 2 aromatic rings. The minimum absolute atomic E-state index is 0.0551. The molecule has 0 saturated carbocycles. The Bertz CT molecular complexity index is 724. The van der Waals surface area contributed by atoms with E-state index < -0.39 is 0 Å². The van der Waals surface area contributed by atoms with Gasteiger partial charge in [0.25, 0.3) is 0 Å². The average molecular weight is 346 g/mol. The lowest BCUT2D eigenvalue weighted by Gasteiger charge is -2.31. The number of rotatable bonds is 3. The maximum atomic E-state index is 12.7. The lowest BCUT2D eigenvalue weighted by molar-refractivity contribution is -0.128. The van der Waals surface area contributed by atoms with Crippen molar-refractivity contribution < 1.29 is 9.53 Å². The van der Waals surface area contributed by atoms with Crippen LogP contribution in [0.25, 0.3) is 0 Å². The summed E-state index contributed by atoms with van der Waals surface area (Å²) in [6.07, 6.45) is 4.68. The normalized spacial score (nSPS) is 26.2. The van der Waals surface area contributed by atoms with Gasteiger partial charge in [-0.1, -0.05) is 11.3 Å². The third kappa shape index (κ3) is 2.96. The summed E-state index contributed by atoms with van der Waals surface area (Å²) in [7, 11) is 0. The van der Waals surface area contributed by atoms with Crippen molar-refractivity contribution in [3.8, 4) is 0 Å². The predicted molar refractivity (Wildman–Crippen MR) is 88.8 cm³/mol. The second-order valence-corrected chi connectivity index (χ2v) is 7.32. The lowest BCUT2D eigenvalue weighted by Crippen LogP contribution is -2.42. The fourth-order valence-electron chi connectivity index (χ4n) is 3.42. The molecule has 0 bridgehead atoms. The van der Waals surface area contributed by atoms with E-state index in [9.17, 15) is 4.79 Å². The molecule has 2 aromatic heterocycles. The minimum atomic E-state index is -0.190. The van der Waals surface area contributed by atoms with Gasteiger partial charge in [-0.25, -0.2) is 4.98 Å². The monoisotopic (exact) mass is 346 g/mol. The molecule has 8 nitrogen and oxygen atoms in total.